The first-order valence-corrected chi connectivity index (χ1v) is 29.5. The molecule has 420 valence electrons. The number of hydrogen-bond acceptors (Lipinski definition) is 16. The zero-order chi connectivity index (χ0) is 54.9. The van der Waals surface area contributed by atoms with Gasteiger partial charge in [-0.3, -0.25) is 23.7 Å². The Balaban J connectivity index is 1.72. The topological polar surface area (TPSA) is 231 Å². The summed E-state index contributed by atoms with van der Waals surface area (Å²) in [5, 5.41) is 32.9. The summed E-state index contributed by atoms with van der Waals surface area (Å²) in [4.78, 5) is 72.7. The predicted molar refractivity (Wildman–Crippen MR) is 280 cm³/mol. The maximum absolute atomic E-state index is 14.6. The van der Waals surface area contributed by atoms with Crippen molar-refractivity contribution in [3.8, 4) is 0 Å². The average molecular weight is 1060 g/mol. The van der Waals surface area contributed by atoms with Gasteiger partial charge in [0, 0.05) is 64.7 Å². The van der Waals surface area contributed by atoms with Crippen LogP contribution in [0.25, 0.3) is 0 Å². The Hall–Kier alpha value is -3.22. The molecule has 0 radical (unpaired) electrons. The highest BCUT2D eigenvalue weighted by atomic mass is 31.2. The van der Waals surface area contributed by atoms with E-state index in [1.807, 2.05) is 51.2 Å². The Kier molecular flexibility index (Phi) is 25.7. The standard InChI is InChI=1S/C56H90NO16P/c1-35-17-13-12-14-18-36(2)47(70-28-27-69-26-25-58)33-43-22-20-41(7)56(65,72-43)53(62)54(63)57-24-16-15-19-44(57)55(64)71-48(38(4)31-42-21-23-46(49(32-42)67-8)73-74(10,11)66)34-45(59)37(3)30-40(6)51(61)52(68-9)50(60)39(5)29-35/h12-14,17-18,30,35,37-39,41-44,46-49,51-52,58,61,65H,15-16,19-29,31-34H2,1-11H3/b14-12+,17-13+,36-18+,40-30+/t35-,37-,38-,39-,41-,42+,43+,44+,46-,47+,48+,49-,51-,52+,56-/m1/s1. The quantitative estimate of drug-likeness (QED) is 0.0548. The van der Waals surface area contributed by atoms with Gasteiger partial charge >= 0.3 is 5.97 Å². The molecule has 1 saturated carbocycles. The predicted octanol–water partition coefficient (Wildman–Crippen LogP) is 7.12. The van der Waals surface area contributed by atoms with Gasteiger partial charge in [0.05, 0.1) is 50.8 Å². The van der Waals surface area contributed by atoms with Crippen molar-refractivity contribution in [3.05, 3.63) is 47.6 Å². The summed E-state index contributed by atoms with van der Waals surface area (Å²) in [6.45, 7) is 16.2. The SMILES string of the molecule is CO[C@@H]1C[C@H](C[C@@H](C)[C@@H]2CC(=O)[C@H](C)/C=C(\C)[C@@H](O)[C@@H](OC)C(=O)[C@H](C)C[C@H](C)/C=C/C=C/C=C(\C)[C@@H](OCCOCCO)C[C@@H]3CC[C@@H](C)[C@@](O)(O3)C(=O)C(=O)N3CCCC[C@H]3C(=O)O2)CC[C@H]1OP(C)(C)=O. The second-order valence-corrected chi connectivity index (χ2v) is 24.6. The summed E-state index contributed by atoms with van der Waals surface area (Å²) in [7, 11) is 0.158. The molecule has 18 heteroatoms. The van der Waals surface area contributed by atoms with Crippen LogP contribution in [0.4, 0.5) is 0 Å². The molecule has 0 aromatic carbocycles. The van der Waals surface area contributed by atoms with E-state index in [1.165, 1.54) is 12.0 Å². The summed E-state index contributed by atoms with van der Waals surface area (Å²) in [6.07, 6.45) is 10.6. The highest BCUT2D eigenvalue weighted by molar-refractivity contribution is 7.57. The summed E-state index contributed by atoms with van der Waals surface area (Å²) in [5.74, 6) is -8.43. The normalized spacial score (nSPS) is 37.2. The third-order valence-electron chi connectivity index (χ3n) is 15.3. The molecule has 3 heterocycles. The number of methoxy groups -OCH3 is 2. The number of nitrogens with zero attached hydrogens (tertiary/aromatic N) is 1. The van der Waals surface area contributed by atoms with E-state index in [4.69, 9.17) is 32.9 Å². The minimum absolute atomic E-state index is 0.0223. The zero-order valence-electron chi connectivity index (χ0n) is 46.1. The van der Waals surface area contributed by atoms with Crippen LogP contribution in [0.2, 0.25) is 0 Å². The van der Waals surface area contributed by atoms with E-state index in [2.05, 4.69) is 0 Å². The number of aliphatic hydroxyl groups excluding tert-OH is 2. The fraction of sp³-hybridized carbons (Fsp3) is 0.768. The van der Waals surface area contributed by atoms with Gasteiger partial charge in [0.25, 0.3) is 11.7 Å². The number of aliphatic hydroxyl groups is 3. The lowest BCUT2D eigenvalue weighted by Gasteiger charge is -2.43. The van der Waals surface area contributed by atoms with E-state index in [9.17, 15) is 43.9 Å². The number of ketones is 3. The summed E-state index contributed by atoms with van der Waals surface area (Å²) in [5.41, 5.74) is 1.18. The molecule has 3 N–H and O–H groups in total. The molecule has 3 aliphatic heterocycles. The van der Waals surface area contributed by atoms with E-state index < -0.39 is 85.1 Å². The number of Topliss-reactive ketones (excluding diaryl/α,β-unsaturated/α-hetero) is 3. The number of piperidine rings is 1. The van der Waals surface area contributed by atoms with Crippen molar-refractivity contribution in [1.29, 1.82) is 0 Å². The van der Waals surface area contributed by atoms with Gasteiger partial charge in [-0.05, 0) is 107 Å². The van der Waals surface area contributed by atoms with Crippen LogP contribution in [0, 0.1) is 35.5 Å². The Morgan fingerprint density at radius 2 is 1.59 bits per heavy atom. The maximum atomic E-state index is 14.6. The number of carbonyl (C=O) groups excluding carboxylic acids is 5. The number of rotatable bonds is 13. The molecule has 3 fully saturated rings. The molecule has 17 nitrogen and oxygen atoms in total. The molecule has 0 spiro atoms. The van der Waals surface area contributed by atoms with Gasteiger partial charge in [-0.1, -0.05) is 71.1 Å². The van der Waals surface area contributed by atoms with Crippen LogP contribution in [0.1, 0.15) is 126 Å². The third-order valence-corrected chi connectivity index (χ3v) is 16.1. The van der Waals surface area contributed by atoms with Crippen LogP contribution < -0.4 is 0 Å². The van der Waals surface area contributed by atoms with Crippen LogP contribution in [-0.2, 0) is 61.5 Å². The lowest BCUT2D eigenvalue weighted by Crippen LogP contribution is -2.61. The summed E-state index contributed by atoms with van der Waals surface area (Å²) < 4.78 is 54.2. The zero-order valence-corrected chi connectivity index (χ0v) is 47.0. The molecule has 2 saturated heterocycles. The Morgan fingerprint density at radius 1 is 0.865 bits per heavy atom. The maximum Gasteiger partial charge on any atom is 0.329 e. The van der Waals surface area contributed by atoms with E-state index >= 15 is 0 Å². The molecule has 1 amide bonds. The molecule has 74 heavy (non-hydrogen) atoms. The first-order valence-electron chi connectivity index (χ1n) is 26.9. The van der Waals surface area contributed by atoms with E-state index in [0.29, 0.717) is 63.4 Å². The van der Waals surface area contributed by atoms with E-state index in [-0.39, 0.29) is 93.8 Å². The molecule has 1 aliphatic carbocycles. The Bertz CT molecular complexity index is 2030. The third kappa shape index (κ3) is 18.5. The molecule has 4 rings (SSSR count). The molecule has 15 atom stereocenters. The fourth-order valence-electron chi connectivity index (χ4n) is 10.9. The number of ether oxygens (including phenoxy) is 6. The van der Waals surface area contributed by atoms with Gasteiger partial charge in [0.15, 0.2) is 13.2 Å². The highest BCUT2D eigenvalue weighted by Gasteiger charge is 2.53. The van der Waals surface area contributed by atoms with Gasteiger partial charge in [0.1, 0.15) is 30.1 Å². The van der Waals surface area contributed by atoms with Crippen LogP contribution in [0.3, 0.4) is 0 Å². The number of amides is 1. The fourth-order valence-corrected chi connectivity index (χ4v) is 11.8. The van der Waals surface area contributed by atoms with E-state index in [0.717, 1.165) is 5.57 Å². The smallest absolute Gasteiger partial charge is 0.329 e. The Labute approximate surface area is 440 Å². The van der Waals surface area contributed by atoms with Gasteiger partial charge < -0.3 is 53.2 Å². The van der Waals surface area contributed by atoms with Gasteiger partial charge in [-0.2, -0.15) is 0 Å². The van der Waals surface area contributed by atoms with Crippen LogP contribution in [0.15, 0.2) is 47.6 Å². The van der Waals surface area contributed by atoms with Crippen molar-refractivity contribution in [3.63, 3.8) is 0 Å². The van der Waals surface area contributed by atoms with Crippen molar-refractivity contribution >= 4 is 36.6 Å². The summed E-state index contributed by atoms with van der Waals surface area (Å²) in [6, 6.07) is -1.19. The largest absolute Gasteiger partial charge is 0.460 e. The molecular weight excluding hydrogens is 974 g/mol. The van der Waals surface area contributed by atoms with Gasteiger partial charge in [-0.15, -0.1) is 0 Å². The number of esters is 1. The number of hydrogen-bond donors (Lipinski definition) is 3. The second kappa shape index (κ2) is 30.1. The van der Waals surface area contributed by atoms with Crippen molar-refractivity contribution in [2.75, 3.05) is 60.5 Å². The minimum atomic E-state index is -2.80. The highest BCUT2D eigenvalue weighted by Crippen LogP contribution is 2.45. The lowest BCUT2D eigenvalue weighted by molar-refractivity contribution is -0.266. The average Bonchev–Trinajstić information content (AvgIpc) is 3.35. The molecular formula is C56H90NO16P. The van der Waals surface area contributed by atoms with Crippen molar-refractivity contribution < 1.29 is 76.8 Å². The first-order chi connectivity index (χ1) is 34.9. The lowest BCUT2D eigenvalue weighted by atomic mass is 9.78. The minimum Gasteiger partial charge on any atom is -0.460 e. The first kappa shape index (κ1) is 63.3. The van der Waals surface area contributed by atoms with Crippen LogP contribution in [0.5, 0.6) is 0 Å². The summed E-state index contributed by atoms with van der Waals surface area (Å²) >= 11 is 0. The molecule has 0 aromatic rings. The molecule has 4 aliphatic rings. The monoisotopic (exact) mass is 1060 g/mol. The molecule has 0 unspecified atom stereocenters. The second-order valence-electron chi connectivity index (χ2n) is 21.9. The van der Waals surface area contributed by atoms with Crippen LogP contribution >= 0.6 is 7.37 Å². The van der Waals surface area contributed by atoms with Crippen molar-refractivity contribution in [1.82, 2.24) is 4.90 Å². The van der Waals surface area contributed by atoms with Crippen molar-refractivity contribution in [2.24, 2.45) is 35.5 Å². The number of carbonyl (C=O) groups is 5. The van der Waals surface area contributed by atoms with Gasteiger partial charge in [-0.25, -0.2) is 4.79 Å². The van der Waals surface area contributed by atoms with Crippen molar-refractivity contribution in [2.45, 2.75) is 180 Å². The van der Waals surface area contributed by atoms with Gasteiger partial charge in [0.2, 0.25) is 5.79 Å². The Morgan fingerprint density at radius 3 is 2.27 bits per heavy atom. The van der Waals surface area contributed by atoms with Crippen LogP contribution in [-0.4, -0.2) is 165 Å². The molecule has 0 aromatic heterocycles. The number of allylic oxidation sites excluding steroid dienone is 6. The number of fused-ring (bicyclic) bond motifs is 3. The number of cyclic esters (lactones) is 1. The van der Waals surface area contributed by atoms with E-state index in [1.54, 1.807) is 54.2 Å². The molecule has 2 bridgehead atoms.